The van der Waals surface area contributed by atoms with E-state index in [9.17, 15) is 0 Å². The second-order valence-corrected chi connectivity index (χ2v) is 2.68. The van der Waals surface area contributed by atoms with E-state index < -0.39 is 15.6 Å². The molecule has 0 bridgehead atoms. The molecule has 0 atom stereocenters. The van der Waals surface area contributed by atoms with Crippen LogP contribution in [0, 0.1) is 0 Å². The van der Waals surface area contributed by atoms with Gasteiger partial charge in [0.1, 0.15) is 0 Å². The van der Waals surface area contributed by atoms with Gasteiger partial charge in [0.2, 0.25) is 0 Å². The molecule has 0 amide bonds. The molecule has 0 saturated carbocycles. The molecule has 0 aromatic heterocycles. The standard InChI is InChI=1S/3Ni.2H3O4P.3Zr/c;;;2*1-5(2,3)4;;;/h;;;2*(H3,1,2,3,4);;;/q3*+2;;;;;/p-6. The van der Waals surface area contributed by atoms with E-state index in [4.69, 9.17) is 38.5 Å². The van der Waals surface area contributed by atoms with Crippen LogP contribution in [0.2, 0.25) is 0 Å². The van der Waals surface area contributed by atoms with E-state index in [0.29, 0.717) is 0 Å². The summed E-state index contributed by atoms with van der Waals surface area (Å²) in [6, 6.07) is 0. The van der Waals surface area contributed by atoms with E-state index in [-0.39, 0.29) is 128 Å². The summed E-state index contributed by atoms with van der Waals surface area (Å²) in [6.07, 6.45) is 0. The maximum Gasteiger partial charge on any atom is 2.00 e. The third-order valence-corrected chi connectivity index (χ3v) is 0. The molecular formula is Ni3O8P2Zr3. The molecule has 100 valence electrons. The predicted molar refractivity (Wildman–Crippen MR) is 15.2 cm³/mol. The first kappa shape index (κ1) is 50.0. The summed E-state index contributed by atoms with van der Waals surface area (Å²) < 4.78 is 17.1. The summed E-state index contributed by atoms with van der Waals surface area (Å²) in [5.74, 6) is 0. The number of rotatable bonds is 0. The molecule has 0 fully saturated rings. The number of hydrogen-bond donors (Lipinski definition) is 0. The molecule has 0 aliphatic heterocycles. The molecule has 0 aromatic rings. The third kappa shape index (κ3) is 292. The fraction of sp³-hybridized carbons (Fsp3) is 0. The minimum atomic E-state index is -5.39. The summed E-state index contributed by atoms with van der Waals surface area (Å²) in [5, 5.41) is 0. The van der Waals surface area contributed by atoms with E-state index in [1.54, 1.807) is 0 Å². The first-order valence-corrected chi connectivity index (χ1v) is 4.38. The van der Waals surface area contributed by atoms with Gasteiger partial charge < -0.3 is 38.5 Å². The van der Waals surface area contributed by atoms with Gasteiger partial charge in [-0.25, -0.2) is 0 Å². The van der Waals surface area contributed by atoms with Crippen molar-refractivity contribution in [2.45, 2.75) is 0 Å². The van der Waals surface area contributed by atoms with Crippen LogP contribution in [0.5, 0.6) is 0 Å². The van der Waals surface area contributed by atoms with Crippen molar-refractivity contribution in [2.75, 3.05) is 0 Å². The second kappa shape index (κ2) is 24.4. The zero-order valence-electron chi connectivity index (χ0n) is 6.61. The Kier molecular flexibility index (Phi) is 76.1. The molecule has 0 unspecified atom stereocenters. The van der Waals surface area contributed by atoms with Gasteiger partial charge >= 0.3 is 49.5 Å². The van der Waals surface area contributed by atoms with E-state index in [1.807, 2.05) is 0 Å². The van der Waals surface area contributed by atoms with Gasteiger partial charge in [0, 0.05) is 78.6 Å². The average molecular weight is 640 g/mol. The molecule has 0 aliphatic rings. The Labute approximate surface area is 179 Å². The summed E-state index contributed by atoms with van der Waals surface area (Å²) in [5.41, 5.74) is 0. The van der Waals surface area contributed by atoms with Crippen molar-refractivity contribution in [1.82, 2.24) is 0 Å². The quantitative estimate of drug-likeness (QED) is 0.186. The molecule has 8 nitrogen and oxygen atoms in total. The smallest absolute Gasteiger partial charge is 0.822 e. The van der Waals surface area contributed by atoms with Crippen molar-refractivity contribution in [2.24, 2.45) is 0 Å². The summed E-state index contributed by atoms with van der Waals surface area (Å²) >= 11 is 0. The molecule has 0 saturated heterocycles. The van der Waals surface area contributed by atoms with Crippen LogP contribution in [0.4, 0.5) is 0 Å². The number of hydrogen-bond acceptors (Lipinski definition) is 8. The normalized spacial score (nSPS) is 7.38. The SMILES string of the molecule is O=P([O-])([O-])[O-].O=P([O-])([O-])[O-].[Ni+2].[Ni+2].[Ni+2].[Zr].[Zr].[Zr]. The topological polar surface area (TPSA) is 172 Å². The third-order valence-electron chi connectivity index (χ3n) is 0. The van der Waals surface area contributed by atoms with Crippen LogP contribution in [0.15, 0.2) is 0 Å². The Balaban J connectivity index is -0.00000000970. The van der Waals surface area contributed by atoms with E-state index >= 15 is 0 Å². The fourth-order valence-electron chi connectivity index (χ4n) is 0. The zero-order chi connectivity index (χ0) is 9.00. The van der Waals surface area contributed by atoms with Gasteiger partial charge in [0.25, 0.3) is 0 Å². The van der Waals surface area contributed by atoms with Crippen LogP contribution in [0.1, 0.15) is 0 Å². The molecule has 0 aliphatic carbocycles. The van der Waals surface area contributed by atoms with Crippen molar-refractivity contribution in [3.63, 3.8) is 0 Å². The summed E-state index contributed by atoms with van der Waals surface area (Å²) in [6.45, 7) is 0. The average Bonchev–Trinajstić information content (AvgIpc) is 1.12. The van der Waals surface area contributed by atoms with Crippen molar-refractivity contribution in [3.8, 4) is 0 Å². The van der Waals surface area contributed by atoms with Gasteiger partial charge in [-0.3, -0.25) is 0 Å². The Morgan fingerprint density at radius 2 is 0.500 bits per heavy atom. The fourth-order valence-corrected chi connectivity index (χ4v) is 0. The molecular weight excluding hydrogens is 640 g/mol. The predicted octanol–water partition coefficient (Wildman–Crippen LogP) is -5.66. The molecule has 0 rings (SSSR count). The Morgan fingerprint density at radius 3 is 0.500 bits per heavy atom. The van der Waals surface area contributed by atoms with Crippen LogP contribution >= 0.6 is 15.6 Å². The number of phosphoric acid groups is 2. The van der Waals surface area contributed by atoms with Crippen LogP contribution < -0.4 is 29.4 Å². The van der Waals surface area contributed by atoms with Crippen molar-refractivity contribution < 1.29 is 167 Å². The Hall–Kier alpha value is 4.35. The van der Waals surface area contributed by atoms with Crippen LogP contribution in [-0.2, 0) is 137 Å². The molecule has 0 spiro atoms. The van der Waals surface area contributed by atoms with E-state index in [1.165, 1.54) is 0 Å². The van der Waals surface area contributed by atoms with Crippen molar-refractivity contribution >= 4 is 15.6 Å². The van der Waals surface area contributed by atoms with Crippen LogP contribution in [0.25, 0.3) is 0 Å². The van der Waals surface area contributed by atoms with E-state index in [2.05, 4.69) is 0 Å². The first-order valence-electron chi connectivity index (χ1n) is 1.46. The minimum absolute atomic E-state index is 0. The maximum absolute atomic E-state index is 8.55. The first-order chi connectivity index (χ1) is 4.00. The van der Waals surface area contributed by atoms with Crippen molar-refractivity contribution in [3.05, 3.63) is 0 Å². The molecule has 0 heterocycles. The largest absolute Gasteiger partial charge is 2.00 e. The second-order valence-electron chi connectivity index (χ2n) is 0.894. The van der Waals surface area contributed by atoms with Gasteiger partial charge in [0.15, 0.2) is 0 Å². The summed E-state index contributed by atoms with van der Waals surface area (Å²) in [4.78, 5) is 51.3. The minimum Gasteiger partial charge on any atom is -0.822 e. The maximum atomic E-state index is 8.55. The van der Waals surface area contributed by atoms with Gasteiger partial charge in [0.05, 0.1) is 0 Å². The van der Waals surface area contributed by atoms with Crippen LogP contribution in [0.3, 0.4) is 0 Å². The van der Waals surface area contributed by atoms with Gasteiger partial charge in [-0.15, -0.1) is 0 Å². The molecule has 16 heteroatoms. The van der Waals surface area contributed by atoms with Crippen LogP contribution in [-0.4, -0.2) is 0 Å². The zero-order valence-corrected chi connectivity index (χ0v) is 18.7. The molecule has 16 heavy (non-hydrogen) atoms. The summed E-state index contributed by atoms with van der Waals surface area (Å²) in [7, 11) is -10.8. The molecule has 0 radical (unpaired) electrons. The molecule has 0 N–H and O–H groups in total. The molecule has 0 aromatic carbocycles. The van der Waals surface area contributed by atoms with Gasteiger partial charge in [-0.2, -0.15) is 15.6 Å². The van der Waals surface area contributed by atoms with Gasteiger partial charge in [-0.1, -0.05) is 0 Å². The van der Waals surface area contributed by atoms with Crippen molar-refractivity contribution in [1.29, 1.82) is 0 Å². The Bertz CT molecular complexity index is 141. The van der Waals surface area contributed by atoms with E-state index in [0.717, 1.165) is 0 Å². The Morgan fingerprint density at radius 1 is 0.500 bits per heavy atom. The monoisotopic (exact) mass is 633 g/mol. The van der Waals surface area contributed by atoms with Gasteiger partial charge in [-0.05, 0) is 0 Å².